The highest BCUT2D eigenvalue weighted by Gasteiger charge is 2.30. The van der Waals surface area contributed by atoms with Crippen LogP contribution in [0, 0.1) is 23.2 Å². The molecule has 3 aromatic rings. The number of ether oxygens (including phenoxy) is 1. The Kier molecular flexibility index (Phi) is 5.68. The number of anilines is 1. The first-order valence-electron chi connectivity index (χ1n) is 8.22. The molecule has 29 heavy (non-hydrogen) atoms. The third kappa shape index (κ3) is 5.01. The lowest BCUT2D eigenvalue weighted by molar-refractivity contribution is -0.137. The Bertz CT molecular complexity index is 1150. The molecule has 0 saturated heterocycles. The summed E-state index contributed by atoms with van der Waals surface area (Å²) in [5, 5.41) is 9.12. The summed E-state index contributed by atoms with van der Waals surface area (Å²) >= 11 is 6.23. The van der Waals surface area contributed by atoms with Gasteiger partial charge >= 0.3 is 6.18 Å². The molecular formula is C22H12ClF3N2O. The Hall–Kier alpha value is -3.61. The maximum atomic E-state index is 12.7. The number of nitriles is 1. The van der Waals surface area contributed by atoms with E-state index in [0.717, 1.165) is 12.1 Å². The molecule has 3 aromatic carbocycles. The van der Waals surface area contributed by atoms with Crippen LogP contribution >= 0.6 is 11.6 Å². The summed E-state index contributed by atoms with van der Waals surface area (Å²) in [6.07, 6.45) is -4.46. The van der Waals surface area contributed by atoms with Crippen molar-refractivity contribution < 1.29 is 17.9 Å². The summed E-state index contributed by atoms with van der Waals surface area (Å²) in [5.74, 6) is 6.48. The molecule has 0 amide bonds. The quantitative estimate of drug-likeness (QED) is 0.414. The Morgan fingerprint density at radius 1 is 0.897 bits per heavy atom. The molecule has 0 unspecified atom stereocenters. The minimum absolute atomic E-state index is 0.0563. The van der Waals surface area contributed by atoms with Crippen LogP contribution in [0.3, 0.4) is 0 Å². The van der Waals surface area contributed by atoms with Gasteiger partial charge in [0.1, 0.15) is 11.5 Å². The van der Waals surface area contributed by atoms with Crippen molar-refractivity contribution in [3.05, 3.63) is 87.9 Å². The van der Waals surface area contributed by atoms with Gasteiger partial charge < -0.3 is 10.5 Å². The predicted octanol–water partition coefficient (Wildman–Crippen LogP) is 6.00. The molecule has 0 heterocycles. The topological polar surface area (TPSA) is 59.0 Å². The fraction of sp³-hybridized carbons (Fsp3) is 0.0455. The maximum Gasteiger partial charge on any atom is 0.416 e. The minimum Gasteiger partial charge on any atom is -0.456 e. The molecule has 144 valence electrons. The number of nitrogens with zero attached hydrogens (tertiary/aromatic N) is 1. The van der Waals surface area contributed by atoms with Crippen molar-refractivity contribution in [2.75, 3.05) is 5.73 Å². The molecule has 3 rings (SSSR count). The van der Waals surface area contributed by atoms with Gasteiger partial charge in [-0.25, -0.2) is 0 Å². The summed E-state index contributed by atoms with van der Waals surface area (Å²) in [6.45, 7) is 0. The van der Waals surface area contributed by atoms with E-state index in [2.05, 4.69) is 11.8 Å². The number of nitrogen functional groups attached to an aromatic ring is 1. The molecule has 2 N–H and O–H groups in total. The second-order valence-electron chi connectivity index (χ2n) is 5.93. The van der Waals surface area contributed by atoms with Gasteiger partial charge in [0.2, 0.25) is 0 Å². The lowest BCUT2D eigenvalue weighted by Gasteiger charge is -2.08. The Balaban J connectivity index is 1.78. The van der Waals surface area contributed by atoms with E-state index in [0.29, 0.717) is 27.6 Å². The Morgan fingerprint density at radius 2 is 1.59 bits per heavy atom. The highest BCUT2D eigenvalue weighted by molar-refractivity contribution is 6.32. The van der Waals surface area contributed by atoms with Crippen LogP contribution in [-0.4, -0.2) is 0 Å². The number of rotatable bonds is 2. The van der Waals surface area contributed by atoms with Gasteiger partial charge in [-0.2, -0.15) is 18.4 Å². The van der Waals surface area contributed by atoms with Crippen LogP contribution in [0.25, 0.3) is 0 Å². The van der Waals surface area contributed by atoms with Gasteiger partial charge in [0.15, 0.2) is 0 Å². The molecular weight excluding hydrogens is 401 g/mol. The van der Waals surface area contributed by atoms with Gasteiger partial charge in [0.25, 0.3) is 0 Å². The molecule has 0 saturated carbocycles. The van der Waals surface area contributed by atoms with E-state index in [-0.39, 0.29) is 11.3 Å². The Labute approximate surface area is 170 Å². The summed E-state index contributed by atoms with van der Waals surface area (Å²) < 4.78 is 43.8. The highest BCUT2D eigenvalue weighted by atomic mass is 35.5. The summed E-state index contributed by atoms with van der Waals surface area (Å²) in [6, 6.07) is 16.4. The molecule has 0 bridgehead atoms. The van der Waals surface area contributed by atoms with Crippen LogP contribution in [0.5, 0.6) is 11.5 Å². The van der Waals surface area contributed by atoms with E-state index in [1.807, 2.05) is 6.07 Å². The molecule has 0 atom stereocenters. The van der Waals surface area contributed by atoms with E-state index in [1.54, 1.807) is 42.5 Å². The highest BCUT2D eigenvalue weighted by Crippen LogP contribution is 2.32. The number of nitrogens with two attached hydrogens (primary N) is 1. The second kappa shape index (κ2) is 8.18. The van der Waals surface area contributed by atoms with Crippen molar-refractivity contribution in [3.63, 3.8) is 0 Å². The molecule has 0 aliphatic carbocycles. The first-order chi connectivity index (χ1) is 13.8. The predicted molar refractivity (Wildman–Crippen MR) is 105 cm³/mol. The molecule has 0 aromatic heterocycles. The van der Waals surface area contributed by atoms with Crippen LogP contribution in [0.4, 0.5) is 18.9 Å². The van der Waals surface area contributed by atoms with Crippen molar-refractivity contribution >= 4 is 17.3 Å². The number of hydrogen-bond donors (Lipinski definition) is 1. The smallest absolute Gasteiger partial charge is 0.416 e. The van der Waals surface area contributed by atoms with E-state index >= 15 is 0 Å². The average molecular weight is 413 g/mol. The fourth-order valence-corrected chi connectivity index (χ4v) is 2.60. The van der Waals surface area contributed by atoms with Crippen LogP contribution in [0.15, 0.2) is 60.7 Å². The fourth-order valence-electron chi connectivity index (χ4n) is 2.38. The van der Waals surface area contributed by atoms with Crippen molar-refractivity contribution in [1.82, 2.24) is 0 Å². The van der Waals surface area contributed by atoms with Gasteiger partial charge in [-0.1, -0.05) is 23.4 Å². The molecule has 0 spiro atoms. The SMILES string of the molecule is N#Cc1ccc(Oc2ccc(C#Cc3ccc(C(F)(F)F)cc3N)cc2Cl)cc1. The molecule has 0 aliphatic heterocycles. The lowest BCUT2D eigenvalue weighted by Crippen LogP contribution is -2.06. The van der Waals surface area contributed by atoms with Crippen LogP contribution in [0.1, 0.15) is 22.3 Å². The Morgan fingerprint density at radius 3 is 2.17 bits per heavy atom. The first-order valence-corrected chi connectivity index (χ1v) is 8.60. The number of benzene rings is 3. The number of hydrogen-bond acceptors (Lipinski definition) is 3. The second-order valence-corrected chi connectivity index (χ2v) is 6.34. The summed E-state index contributed by atoms with van der Waals surface area (Å²) in [5.41, 5.74) is 6.13. The number of halogens is 4. The molecule has 0 fully saturated rings. The van der Waals surface area contributed by atoms with E-state index in [9.17, 15) is 13.2 Å². The molecule has 3 nitrogen and oxygen atoms in total. The van der Waals surface area contributed by atoms with Crippen molar-refractivity contribution in [2.45, 2.75) is 6.18 Å². The van der Waals surface area contributed by atoms with Gasteiger partial charge in [-0.15, -0.1) is 0 Å². The van der Waals surface area contributed by atoms with E-state index < -0.39 is 11.7 Å². The molecule has 0 aliphatic rings. The normalized spacial score (nSPS) is 10.6. The van der Waals surface area contributed by atoms with E-state index in [1.165, 1.54) is 6.07 Å². The van der Waals surface area contributed by atoms with Gasteiger partial charge in [-0.05, 0) is 60.7 Å². The number of alkyl halides is 3. The van der Waals surface area contributed by atoms with Gasteiger partial charge in [-0.3, -0.25) is 0 Å². The van der Waals surface area contributed by atoms with E-state index in [4.69, 9.17) is 27.3 Å². The standard InChI is InChI=1S/C22H12ClF3N2O/c23-19-11-14(1-5-16-6-7-17(12-20(16)28)22(24,25)26)4-10-21(19)29-18-8-2-15(13-27)3-9-18/h2-4,6-12H,28H2. The zero-order chi connectivity index (χ0) is 21.0. The van der Waals surface area contributed by atoms with Gasteiger partial charge in [0, 0.05) is 16.8 Å². The van der Waals surface area contributed by atoms with Gasteiger partial charge in [0.05, 0.1) is 22.2 Å². The third-order valence-electron chi connectivity index (χ3n) is 3.86. The minimum atomic E-state index is -4.46. The van der Waals surface area contributed by atoms with Crippen molar-refractivity contribution in [2.24, 2.45) is 0 Å². The summed E-state index contributed by atoms with van der Waals surface area (Å²) in [7, 11) is 0. The third-order valence-corrected chi connectivity index (χ3v) is 4.16. The van der Waals surface area contributed by atoms with Crippen molar-refractivity contribution in [3.8, 4) is 29.4 Å². The maximum absolute atomic E-state index is 12.7. The largest absolute Gasteiger partial charge is 0.456 e. The van der Waals surface area contributed by atoms with Crippen LogP contribution < -0.4 is 10.5 Å². The average Bonchev–Trinajstić information content (AvgIpc) is 2.68. The zero-order valence-corrected chi connectivity index (χ0v) is 15.5. The lowest BCUT2D eigenvalue weighted by atomic mass is 10.1. The first kappa shape index (κ1) is 20.1. The molecule has 0 radical (unpaired) electrons. The zero-order valence-electron chi connectivity index (χ0n) is 14.7. The molecule has 7 heteroatoms. The summed E-state index contributed by atoms with van der Waals surface area (Å²) in [4.78, 5) is 0. The van der Waals surface area contributed by atoms with Crippen LogP contribution in [-0.2, 0) is 6.18 Å². The van der Waals surface area contributed by atoms with Crippen LogP contribution in [0.2, 0.25) is 5.02 Å². The monoisotopic (exact) mass is 412 g/mol. The van der Waals surface area contributed by atoms with Crippen molar-refractivity contribution in [1.29, 1.82) is 5.26 Å².